The van der Waals surface area contributed by atoms with Gasteiger partial charge in [0.25, 0.3) is 0 Å². The van der Waals surface area contributed by atoms with Crippen molar-refractivity contribution in [3.05, 3.63) is 62.3 Å². The van der Waals surface area contributed by atoms with Crippen LogP contribution in [-0.2, 0) is 0 Å². The first-order chi connectivity index (χ1) is 9.90. The van der Waals surface area contributed by atoms with Gasteiger partial charge in [0.1, 0.15) is 17.7 Å². The van der Waals surface area contributed by atoms with Crippen molar-refractivity contribution in [2.75, 3.05) is 0 Å². The Bertz CT molecular complexity index is 652. The number of rotatable bonds is 4. The lowest BCUT2D eigenvalue weighted by atomic mass is 10.0. The minimum Gasteiger partial charge on any atom is -0.483 e. The Morgan fingerprint density at radius 3 is 2.48 bits per heavy atom. The monoisotopic (exact) mass is 391 g/mol. The van der Waals surface area contributed by atoms with Crippen molar-refractivity contribution in [2.24, 2.45) is 5.73 Å². The lowest BCUT2D eigenvalue weighted by Gasteiger charge is -2.24. The van der Waals surface area contributed by atoms with Gasteiger partial charge in [-0.15, -0.1) is 0 Å². The number of hydrogen-bond donors (Lipinski definition) is 1. The summed E-state index contributed by atoms with van der Waals surface area (Å²) >= 11 is 15.2. The van der Waals surface area contributed by atoms with Crippen LogP contribution in [0.4, 0.5) is 4.39 Å². The van der Waals surface area contributed by atoms with Gasteiger partial charge in [0, 0.05) is 22.7 Å². The lowest BCUT2D eigenvalue weighted by Crippen LogP contribution is -2.29. The molecule has 0 spiro atoms. The van der Waals surface area contributed by atoms with E-state index >= 15 is 0 Å². The average molecular weight is 393 g/mol. The first-order valence-electron chi connectivity index (χ1n) is 6.21. The number of nitrogens with two attached hydrogens (primary N) is 1. The summed E-state index contributed by atoms with van der Waals surface area (Å²) in [5, 5.41) is 0.565. The Balaban J connectivity index is 2.38. The van der Waals surface area contributed by atoms with Crippen molar-refractivity contribution in [3.8, 4) is 5.75 Å². The van der Waals surface area contributed by atoms with Gasteiger partial charge < -0.3 is 10.5 Å². The molecule has 0 aromatic heterocycles. The molecule has 0 bridgehead atoms. The number of benzene rings is 2. The van der Waals surface area contributed by atoms with Gasteiger partial charge in [-0.25, -0.2) is 4.39 Å². The topological polar surface area (TPSA) is 35.2 Å². The molecule has 0 aliphatic heterocycles. The van der Waals surface area contributed by atoms with E-state index in [0.717, 1.165) is 5.56 Å². The van der Waals surface area contributed by atoms with E-state index in [9.17, 15) is 4.39 Å². The zero-order valence-corrected chi connectivity index (χ0v) is 14.2. The third kappa shape index (κ3) is 3.89. The summed E-state index contributed by atoms with van der Waals surface area (Å²) in [5.74, 6) is -0.239. The molecule has 2 N–H and O–H groups in total. The summed E-state index contributed by atoms with van der Waals surface area (Å²) in [6, 6.07) is 9.58. The molecule has 2 atom stereocenters. The van der Waals surface area contributed by atoms with Crippen molar-refractivity contribution in [2.45, 2.75) is 19.1 Å². The predicted octanol–water partition coefficient (Wildman–Crippen LogP) is 5.36. The smallest absolute Gasteiger partial charge is 0.145 e. The third-order valence-electron chi connectivity index (χ3n) is 2.92. The number of halogens is 4. The maximum absolute atomic E-state index is 13.6. The Kier molecular flexibility index (Phi) is 5.49. The van der Waals surface area contributed by atoms with Crippen LogP contribution in [0.25, 0.3) is 0 Å². The van der Waals surface area contributed by atoms with E-state index in [1.165, 1.54) is 12.1 Å². The fourth-order valence-electron chi connectivity index (χ4n) is 1.89. The van der Waals surface area contributed by atoms with Crippen LogP contribution in [0.15, 0.2) is 40.9 Å². The SMILES string of the molecule is CC(N)C(Oc1cc(F)c(Cl)cc1Br)c1ccccc1Cl. The molecule has 0 saturated carbocycles. The minimum absolute atomic E-state index is 0.0179. The van der Waals surface area contributed by atoms with Crippen LogP contribution in [0.2, 0.25) is 10.0 Å². The summed E-state index contributed by atoms with van der Waals surface area (Å²) in [6.07, 6.45) is -0.504. The maximum atomic E-state index is 13.6. The van der Waals surface area contributed by atoms with E-state index in [1.54, 1.807) is 13.0 Å². The first kappa shape index (κ1) is 16.6. The molecule has 0 fully saturated rings. The van der Waals surface area contributed by atoms with Gasteiger partial charge in [-0.3, -0.25) is 0 Å². The van der Waals surface area contributed by atoms with E-state index in [-0.39, 0.29) is 11.1 Å². The normalized spacial score (nSPS) is 13.8. The second kappa shape index (κ2) is 6.97. The van der Waals surface area contributed by atoms with Crippen molar-refractivity contribution >= 4 is 39.1 Å². The van der Waals surface area contributed by atoms with Crippen LogP contribution in [0.5, 0.6) is 5.75 Å². The summed E-state index contributed by atoms with van der Waals surface area (Å²) in [4.78, 5) is 0. The standard InChI is InChI=1S/C15H13BrCl2FNO/c1-8(20)15(9-4-2-3-5-11(9)17)21-14-7-13(19)12(18)6-10(14)16/h2-8,15H,20H2,1H3. The lowest BCUT2D eigenvalue weighted by molar-refractivity contribution is 0.178. The van der Waals surface area contributed by atoms with Crippen molar-refractivity contribution < 1.29 is 9.13 Å². The fraction of sp³-hybridized carbons (Fsp3) is 0.200. The van der Waals surface area contributed by atoms with Crippen molar-refractivity contribution in [3.63, 3.8) is 0 Å². The second-order valence-corrected chi connectivity index (χ2v) is 6.28. The summed E-state index contributed by atoms with van der Waals surface area (Å²) in [7, 11) is 0. The molecule has 6 heteroatoms. The summed E-state index contributed by atoms with van der Waals surface area (Å²) in [5.41, 5.74) is 6.73. The van der Waals surface area contributed by atoms with Gasteiger partial charge in [0.2, 0.25) is 0 Å². The molecule has 2 rings (SSSR count). The molecular weight excluding hydrogens is 380 g/mol. The maximum Gasteiger partial charge on any atom is 0.145 e. The van der Waals surface area contributed by atoms with Crippen molar-refractivity contribution in [1.29, 1.82) is 0 Å². The van der Waals surface area contributed by atoms with Gasteiger partial charge in [0.15, 0.2) is 0 Å². The van der Waals surface area contributed by atoms with Gasteiger partial charge in [-0.1, -0.05) is 41.4 Å². The van der Waals surface area contributed by atoms with Crippen LogP contribution in [0.3, 0.4) is 0 Å². The van der Waals surface area contributed by atoms with Crippen molar-refractivity contribution in [1.82, 2.24) is 0 Å². The van der Waals surface area contributed by atoms with Crippen LogP contribution in [0.1, 0.15) is 18.6 Å². The highest BCUT2D eigenvalue weighted by Gasteiger charge is 2.22. The quantitative estimate of drug-likeness (QED) is 0.710. The van der Waals surface area contributed by atoms with E-state index in [4.69, 9.17) is 33.7 Å². The molecule has 0 heterocycles. The molecule has 0 radical (unpaired) electrons. The zero-order valence-electron chi connectivity index (χ0n) is 11.1. The molecule has 0 aliphatic carbocycles. The van der Waals surface area contributed by atoms with Crippen LogP contribution < -0.4 is 10.5 Å². The van der Waals surface area contributed by atoms with Crippen LogP contribution in [-0.4, -0.2) is 6.04 Å². The van der Waals surface area contributed by atoms with E-state index in [2.05, 4.69) is 15.9 Å². The van der Waals surface area contributed by atoms with Gasteiger partial charge in [-0.05, 0) is 35.0 Å². The number of ether oxygens (including phenoxy) is 1. The molecule has 0 saturated heterocycles. The van der Waals surface area contributed by atoms with E-state index < -0.39 is 11.9 Å². The Hall–Kier alpha value is -0.810. The average Bonchev–Trinajstić information content (AvgIpc) is 2.42. The second-order valence-electron chi connectivity index (χ2n) is 4.62. The molecule has 2 aromatic carbocycles. The van der Waals surface area contributed by atoms with Gasteiger partial charge >= 0.3 is 0 Å². The molecule has 112 valence electrons. The highest BCUT2D eigenvalue weighted by Crippen LogP contribution is 2.35. The zero-order chi connectivity index (χ0) is 15.6. The number of hydrogen-bond acceptors (Lipinski definition) is 2. The molecule has 21 heavy (non-hydrogen) atoms. The molecule has 2 aromatic rings. The Labute approximate surface area is 141 Å². The fourth-order valence-corrected chi connectivity index (χ4v) is 2.87. The van der Waals surface area contributed by atoms with Gasteiger partial charge in [-0.2, -0.15) is 0 Å². The molecule has 2 nitrogen and oxygen atoms in total. The summed E-state index contributed by atoms with van der Waals surface area (Å²) in [6.45, 7) is 1.80. The minimum atomic E-state index is -0.558. The molecule has 2 unspecified atom stereocenters. The van der Waals surface area contributed by atoms with Gasteiger partial charge in [0.05, 0.1) is 9.50 Å². The van der Waals surface area contributed by atoms with E-state index in [0.29, 0.717) is 15.2 Å². The Morgan fingerprint density at radius 2 is 1.86 bits per heavy atom. The van der Waals surface area contributed by atoms with E-state index in [1.807, 2.05) is 18.2 Å². The highest BCUT2D eigenvalue weighted by atomic mass is 79.9. The molecule has 0 amide bonds. The highest BCUT2D eigenvalue weighted by molar-refractivity contribution is 9.10. The largest absolute Gasteiger partial charge is 0.483 e. The predicted molar refractivity (Wildman–Crippen MR) is 87.6 cm³/mol. The summed E-state index contributed by atoms with van der Waals surface area (Å²) < 4.78 is 20.0. The third-order valence-corrected chi connectivity index (χ3v) is 4.17. The molecular formula is C15H13BrCl2FNO. The first-order valence-corrected chi connectivity index (χ1v) is 7.76. The Morgan fingerprint density at radius 1 is 1.19 bits per heavy atom. The molecule has 0 aliphatic rings. The van der Waals surface area contributed by atoms with Crippen LogP contribution >= 0.6 is 39.1 Å². The van der Waals surface area contributed by atoms with Crippen LogP contribution in [0, 0.1) is 5.82 Å².